The summed E-state index contributed by atoms with van der Waals surface area (Å²) in [6, 6.07) is 7.88. The van der Waals surface area contributed by atoms with E-state index < -0.39 is 5.97 Å². The first-order chi connectivity index (χ1) is 8.61. The third-order valence-electron chi connectivity index (χ3n) is 3.79. The lowest BCUT2D eigenvalue weighted by molar-refractivity contribution is -0.142. The van der Waals surface area contributed by atoms with E-state index in [2.05, 4.69) is 4.90 Å². The van der Waals surface area contributed by atoms with Crippen LogP contribution < -0.4 is 0 Å². The SMILES string of the molecule is CC1C(C(=O)O)CCN1Cc1ccc(CO)cc1. The Hall–Kier alpha value is -1.39. The van der Waals surface area contributed by atoms with Gasteiger partial charge < -0.3 is 10.2 Å². The molecule has 2 atom stereocenters. The van der Waals surface area contributed by atoms with Gasteiger partial charge in [0.05, 0.1) is 12.5 Å². The molecule has 1 aliphatic rings. The zero-order valence-corrected chi connectivity index (χ0v) is 10.5. The van der Waals surface area contributed by atoms with Gasteiger partial charge in [0.15, 0.2) is 0 Å². The van der Waals surface area contributed by atoms with Crippen LogP contribution in [0.4, 0.5) is 0 Å². The number of benzene rings is 1. The van der Waals surface area contributed by atoms with Crippen molar-refractivity contribution in [1.82, 2.24) is 4.90 Å². The van der Waals surface area contributed by atoms with Gasteiger partial charge in [-0.3, -0.25) is 9.69 Å². The zero-order valence-electron chi connectivity index (χ0n) is 10.5. The quantitative estimate of drug-likeness (QED) is 0.848. The summed E-state index contributed by atoms with van der Waals surface area (Å²) in [5.41, 5.74) is 2.06. The van der Waals surface area contributed by atoms with E-state index in [0.29, 0.717) is 0 Å². The maximum atomic E-state index is 11.0. The van der Waals surface area contributed by atoms with Crippen molar-refractivity contribution in [2.75, 3.05) is 6.54 Å². The standard InChI is InChI=1S/C14H19NO3/c1-10-13(14(17)18)6-7-15(10)8-11-2-4-12(9-16)5-3-11/h2-5,10,13,16H,6-9H2,1H3,(H,17,18). The van der Waals surface area contributed by atoms with E-state index in [9.17, 15) is 4.79 Å². The first-order valence-corrected chi connectivity index (χ1v) is 6.27. The van der Waals surface area contributed by atoms with Crippen molar-refractivity contribution >= 4 is 5.97 Å². The molecule has 2 rings (SSSR count). The molecule has 2 unspecified atom stereocenters. The molecule has 1 aromatic rings. The summed E-state index contributed by atoms with van der Waals surface area (Å²) in [7, 11) is 0. The Labute approximate surface area is 107 Å². The molecule has 0 bridgehead atoms. The minimum absolute atomic E-state index is 0.0570. The average Bonchev–Trinajstić information content (AvgIpc) is 2.72. The third kappa shape index (κ3) is 2.71. The van der Waals surface area contributed by atoms with E-state index in [4.69, 9.17) is 10.2 Å². The molecule has 0 amide bonds. The van der Waals surface area contributed by atoms with Gasteiger partial charge in [-0.15, -0.1) is 0 Å². The van der Waals surface area contributed by atoms with Crippen molar-refractivity contribution in [3.63, 3.8) is 0 Å². The van der Waals surface area contributed by atoms with E-state index in [1.165, 1.54) is 0 Å². The Kier molecular flexibility index (Phi) is 3.99. The molecule has 4 nitrogen and oxygen atoms in total. The third-order valence-corrected chi connectivity index (χ3v) is 3.79. The molecule has 0 aliphatic carbocycles. The zero-order chi connectivity index (χ0) is 13.1. The topological polar surface area (TPSA) is 60.8 Å². The molecule has 0 saturated carbocycles. The summed E-state index contributed by atoms with van der Waals surface area (Å²) in [6.07, 6.45) is 0.727. The van der Waals surface area contributed by atoms with Gasteiger partial charge in [0.1, 0.15) is 0 Å². The molecule has 1 aliphatic heterocycles. The number of aliphatic hydroxyl groups excluding tert-OH is 1. The second-order valence-corrected chi connectivity index (χ2v) is 4.92. The minimum Gasteiger partial charge on any atom is -0.481 e. The Morgan fingerprint density at radius 1 is 1.33 bits per heavy atom. The molecule has 0 aromatic heterocycles. The summed E-state index contributed by atoms with van der Waals surface area (Å²) >= 11 is 0. The summed E-state index contributed by atoms with van der Waals surface area (Å²) in [4.78, 5) is 13.2. The second-order valence-electron chi connectivity index (χ2n) is 4.92. The molecule has 4 heteroatoms. The molecule has 0 spiro atoms. The maximum absolute atomic E-state index is 11.0. The van der Waals surface area contributed by atoms with Crippen LogP contribution in [0.5, 0.6) is 0 Å². The van der Waals surface area contributed by atoms with Gasteiger partial charge in [-0.25, -0.2) is 0 Å². The van der Waals surface area contributed by atoms with Crippen molar-refractivity contribution in [3.8, 4) is 0 Å². The van der Waals surface area contributed by atoms with Gasteiger partial charge in [-0.2, -0.15) is 0 Å². The molecule has 2 N–H and O–H groups in total. The molecule has 18 heavy (non-hydrogen) atoms. The Morgan fingerprint density at radius 2 is 1.94 bits per heavy atom. The van der Waals surface area contributed by atoms with Crippen molar-refractivity contribution < 1.29 is 15.0 Å². The van der Waals surface area contributed by atoms with Crippen LogP contribution in [0.15, 0.2) is 24.3 Å². The number of carbonyl (C=O) groups is 1. The average molecular weight is 249 g/mol. The molecule has 1 heterocycles. The number of aliphatic carboxylic acids is 1. The predicted octanol–water partition coefficient (Wildman–Crippen LogP) is 1.47. The van der Waals surface area contributed by atoms with Crippen molar-refractivity contribution in [1.29, 1.82) is 0 Å². The van der Waals surface area contributed by atoms with E-state index in [1.54, 1.807) is 0 Å². The van der Waals surface area contributed by atoms with Crippen LogP contribution in [-0.2, 0) is 17.9 Å². The van der Waals surface area contributed by atoms with Gasteiger partial charge in [0.25, 0.3) is 0 Å². The molecule has 1 aromatic carbocycles. The maximum Gasteiger partial charge on any atom is 0.308 e. The Bertz CT molecular complexity index is 416. The number of carboxylic acid groups (broad SMARTS) is 1. The first-order valence-electron chi connectivity index (χ1n) is 6.27. The smallest absolute Gasteiger partial charge is 0.308 e. The highest BCUT2D eigenvalue weighted by Crippen LogP contribution is 2.26. The fourth-order valence-electron chi connectivity index (χ4n) is 2.54. The molecule has 1 saturated heterocycles. The number of hydrogen-bond acceptors (Lipinski definition) is 3. The number of hydrogen-bond donors (Lipinski definition) is 2. The molecular formula is C14H19NO3. The van der Waals surface area contributed by atoms with Gasteiger partial charge in [-0.05, 0) is 31.0 Å². The van der Waals surface area contributed by atoms with Gasteiger partial charge in [-0.1, -0.05) is 24.3 Å². The largest absolute Gasteiger partial charge is 0.481 e. The monoisotopic (exact) mass is 249 g/mol. The highest BCUT2D eigenvalue weighted by atomic mass is 16.4. The van der Waals surface area contributed by atoms with Crippen LogP contribution in [-0.4, -0.2) is 33.7 Å². The number of likely N-dealkylation sites (tertiary alicyclic amines) is 1. The summed E-state index contributed by atoms with van der Waals surface area (Å²) in [5.74, 6) is -0.942. The van der Waals surface area contributed by atoms with E-state index in [-0.39, 0.29) is 18.6 Å². The van der Waals surface area contributed by atoms with Crippen LogP contribution in [0.25, 0.3) is 0 Å². The number of carboxylic acids is 1. The number of aliphatic hydroxyl groups is 1. The number of rotatable bonds is 4. The molecule has 1 fully saturated rings. The lowest BCUT2D eigenvalue weighted by Gasteiger charge is -2.23. The fourth-order valence-corrected chi connectivity index (χ4v) is 2.54. The van der Waals surface area contributed by atoms with E-state index in [0.717, 1.165) is 30.6 Å². The highest BCUT2D eigenvalue weighted by Gasteiger charge is 2.35. The van der Waals surface area contributed by atoms with Crippen LogP contribution in [0.2, 0.25) is 0 Å². The number of nitrogens with zero attached hydrogens (tertiary/aromatic N) is 1. The van der Waals surface area contributed by atoms with Crippen molar-refractivity contribution in [2.45, 2.75) is 32.5 Å². The van der Waals surface area contributed by atoms with Crippen LogP contribution in [0.1, 0.15) is 24.5 Å². The molecule has 0 radical (unpaired) electrons. The lowest BCUT2D eigenvalue weighted by atomic mass is 10.0. The summed E-state index contributed by atoms with van der Waals surface area (Å²) < 4.78 is 0. The van der Waals surface area contributed by atoms with Gasteiger partial charge >= 0.3 is 5.97 Å². The molecule has 98 valence electrons. The lowest BCUT2D eigenvalue weighted by Crippen LogP contribution is -2.32. The van der Waals surface area contributed by atoms with Crippen molar-refractivity contribution in [3.05, 3.63) is 35.4 Å². The highest BCUT2D eigenvalue weighted by molar-refractivity contribution is 5.71. The minimum atomic E-state index is -0.694. The van der Waals surface area contributed by atoms with Crippen molar-refractivity contribution in [2.24, 2.45) is 5.92 Å². The first kappa shape index (κ1) is 13.1. The van der Waals surface area contributed by atoms with E-state index >= 15 is 0 Å². The second kappa shape index (κ2) is 5.50. The Balaban J connectivity index is 1.99. The summed E-state index contributed by atoms with van der Waals surface area (Å²) in [5, 5.41) is 18.1. The summed E-state index contributed by atoms with van der Waals surface area (Å²) in [6.45, 7) is 3.64. The van der Waals surface area contributed by atoms with Crippen LogP contribution >= 0.6 is 0 Å². The Morgan fingerprint density at radius 3 is 2.44 bits per heavy atom. The fraction of sp³-hybridized carbons (Fsp3) is 0.500. The van der Waals surface area contributed by atoms with Crippen LogP contribution in [0, 0.1) is 5.92 Å². The normalized spacial score (nSPS) is 24.3. The predicted molar refractivity (Wildman–Crippen MR) is 68.0 cm³/mol. The van der Waals surface area contributed by atoms with Gasteiger partial charge in [0, 0.05) is 12.6 Å². The van der Waals surface area contributed by atoms with E-state index in [1.807, 2.05) is 31.2 Å². The molecular weight excluding hydrogens is 230 g/mol. The van der Waals surface area contributed by atoms with Gasteiger partial charge in [0.2, 0.25) is 0 Å². The van der Waals surface area contributed by atoms with Crippen LogP contribution in [0.3, 0.4) is 0 Å².